The van der Waals surface area contributed by atoms with Crippen molar-refractivity contribution in [3.63, 3.8) is 0 Å². The molecule has 216 valence electrons. The van der Waals surface area contributed by atoms with Crippen molar-refractivity contribution in [1.29, 1.82) is 0 Å². The molecule has 0 spiro atoms. The molecule has 1 aliphatic carbocycles. The van der Waals surface area contributed by atoms with Gasteiger partial charge in [-0.2, -0.15) is 0 Å². The second-order valence-corrected chi connectivity index (χ2v) is 12.9. The third-order valence-electron chi connectivity index (χ3n) is 9.22. The van der Waals surface area contributed by atoms with Gasteiger partial charge in [-0.15, -0.1) is 0 Å². The maximum Gasteiger partial charge on any atom is 0.329 e. The molecule has 3 amide bonds. The minimum absolute atomic E-state index is 0.216. The van der Waals surface area contributed by atoms with Crippen LogP contribution in [0.2, 0.25) is 0 Å². The summed E-state index contributed by atoms with van der Waals surface area (Å²) in [5, 5.41) is 2.38. The van der Waals surface area contributed by atoms with E-state index in [-0.39, 0.29) is 29.4 Å². The third-order valence-corrected chi connectivity index (χ3v) is 9.22. The summed E-state index contributed by atoms with van der Waals surface area (Å²) in [5.74, 6) is 2.01. The number of nitrogens with one attached hydrogen (secondary N) is 1. The van der Waals surface area contributed by atoms with Crippen molar-refractivity contribution in [1.82, 2.24) is 24.8 Å². The van der Waals surface area contributed by atoms with Crippen LogP contribution >= 0.6 is 0 Å². The highest BCUT2D eigenvalue weighted by Gasteiger charge is 2.39. The quantitative estimate of drug-likeness (QED) is 0.429. The Morgan fingerprint density at radius 1 is 1.05 bits per heavy atom. The third kappa shape index (κ3) is 5.12. The lowest BCUT2D eigenvalue weighted by molar-refractivity contribution is -0.120. The van der Waals surface area contributed by atoms with E-state index in [0.717, 1.165) is 36.6 Å². The van der Waals surface area contributed by atoms with Gasteiger partial charge in [0.25, 0.3) is 0 Å². The molecule has 3 aliphatic rings. The number of imide groups is 1. The van der Waals surface area contributed by atoms with Crippen molar-refractivity contribution in [2.24, 2.45) is 12.5 Å². The van der Waals surface area contributed by atoms with Crippen LogP contribution in [0.25, 0.3) is 11.5 Å². The summed E-state index contributed by atoms with van der Waals surface area (Å²) in [7, 11) is 1.87. The van der Waals surface area contributed by atoms with Gasteiger partial charge in [0.05, 0.1) is 17.4 Å². The van der Waals surface area contributed by atoms with Gasteiger partial charge in [0, 0.05) is 38.5 Å². The summed E-state index contributed by atoms with van der Waals surface area (Å²) >= 11 is 0. The Morgan fingerprint density at radius 3 is 2.56 bits per heavy atom. The zero-order chi connectivity index (χ0) is 28.9. The molecule has 0 bridgehead atoms. The largest absolute Gasteiger partial charge is 0.490 e. The minimum atomic E-state index is -0.424. The molecule has 9 nitrogen and oxygen atoms in total. The Hall–Kier alpha value is -3.72. The van der Waals surface area contributed by atoms with Gasteiger partial charge in [0.15, 0.2) is 5.82 Å². The summed E-state index contributed by atoms with van der Waals surface area (Å²) in [6, 6.07) is 12.3. The number of carbonyl (C=O) groups is 2. The van der Waals surface area contributed by atoms with E-state index in [0.29, 0.717) is 18.2 Å². The molecule has 3 aromatic rings. The van der Waals surface area contributed by atoms with Crippen LogP contribution in [0.4, 0.5) is 10.6 Å². The van der Waals surface area contributed by atoms with Gasteiger partial charge >= 0.3 is 6.03 Å². The first kappa shape index (κ1) is 27.4. The smallest absolute Gasteiger partial charge is 0.329 e. The number of fused-ring (bicyclic) bond motifs is 1. The lowest BCUT2D eigenvalue weighted by Crippen LogP contribution is -2.50. The molecule has 41 heavy (non-hydrogen) atoms. The number of imidazole rings is 1. The molecule has 0 radical (unpaired) electrons. The van der Waals surface area contributed by atoms with Gasteiger partial charge in [0.2, 0.25) is 5.91 Å². The number of urea groups is 1. The Balaban J connectivity index is 1.17. The van der Waals surface area contributed by atoms with Gasteiger partial charge in [-0.1, -0.05) is 38.5 Å². The second-order valence-electron chi connectivity index (χ2n) is 12.9. The van der Waals surface area contributed by atoms with Crippen LogP contribution in [0, 0.1) is 5.41 Å². The molecule has 1 saturated heterocycles. The minimum Gasteiger partial charge on any atom is -0.490 e. The summed E-state index contributed by atoms with van der Waals surface area (Å²) in [6.45, 7) is 11.0. The number of rotatable bonds is 6. The van der Waals surface area contributed by atoms with Gasteiger partial charge in [-0.25, -0.2) is 14.8 Å². The standard InChI is InChI=1S/C32H40N6O3/c1-31(2)16-7-6-8-25(31)41-23-12-9-21(10-13-23)19-37-20-22-11-14-24(34-28(22)32(37,3)4)29-33-18-27(36(29)5)38-17-15-26(39)35-30(38)40/h9-14,18,25H,6-8,15-17,19-20H2,1-5H3,(H,35,39,40)/t25-/m0/s1. The number of hydrogen-bond acceptors (Lipinski definition) is 6. The van der Waals surface area contributed by atoms with E-state index < -0.39 is 6.03 Å². The fourth-order valence-electron chi connectivity index (χ4n) is 6.49. The number of carbonyl (C=O) groups excluding carboxylic acids is 2. The Bertz CT molecular complexity index is 1480. The van der Waals surface area contributed by atoms with Gasteiger partial charge in [-0.3, -0.25) is 19.9 Å². The van der Waals surface area contributed by atoms with E-state index in [9.17, 15) is 9.59 Å². The topological polar surface area (TPSA) is 92.6 Å². The van der Waals surface area contributed by atoms with Crippen molar-refractivity contribution < 1.29 is 14.3 Å². The first-order chi connectivity index (χ1) is 19.5. The fraction of sp³-hybridized carbons (Fsp3) is 0.500. The normalized spacial score (nSPS) is 22.0. The average Bonchev–Trinajstić information content (AvgIpc) is 3.42. The number of nitrogens with zero attached hydrogens (tertiary/aromatic N) is 5. The number of aromatic nitrogens is 3. The number of anilines is 1. The summed E-state index contributed by atoms with van der Waals surface area (Å²) in [6.07, 6.45) is 7.07. The van der Waals surface area contributed by atoms with E-state index in [1.54, 1.807) is 11.1 Å². The lowest BCUT2D eigenvalue weighted by Gasteiger charge is -2.38. The Labute approximate surface area is 241 Å². The van der Waals surface area contributed by atoms with Crippen molar-refractivity contribution >= 4 is 17.8 Å². The fourth-order valence-corrected chi connectivity index (χ4v) is 6.49. The van der Waals surface area contributed by atoms with Crippen molar-refractivity contribution in [2.75, 3.05) is 11.4 Å². The molecule has 2 aliphatic heterocycles. The van der Waals surface area contributed by atoms with Crippen molar-refractivity contribution in [3.8, 4) is 17.3 Å². The van der Waals surface area contributed by atoms with Crippen LogP contribution in [-0.2, 0) is 30.5 Å². The van der Waals surface area contributed by atoms with Crippen LogP contribution in [0.3, 0.4) is 0 Å². The SMILES string of the molecule is Cn1c(N2CCC(=O)NC2=O)cnc1-c1ccc2c(n1)C(C)(C)N(Cc1ccc(O[C@H]3CCCCC3(C)C)cc1)C2. The zero-order valence-corrected chi connectivity index (χ0v) is 24.7. The number of hydrogen-bond donors (Lipinski definition) is 1. The molecule has 2 aromatic heterocycles. The molecule has 1 atom stereocenters. The first-order valence-corrected chi connectivity index (χ1v) is 14.7. The number of benzene rings is 1. The molecule has 1 aromatic carbocycles. The number of pyridine rings is 1. The molecule has 9 heteroatoms. The van der Waals surface area contributed by atoms with Gasteiger partial charge in [-0.05, 0) is 62.4 Å². The monoisotopic (exact) mass is 556 g/mol. The molecule has 1 saturated carbocycles. The van der Waals surface area contributed by atoms with Gasteiger partial charge < -0.3 is 9.30 Å². The maximum atomic E-state index is 12.4. The van der Waals surface area contributed by atoms with E-state index in [4.69, 9.17) is 9.72 Å². The van der Waals surface area contributed by atoms with Crippen LogP contribution in [0.1, 0.15) is 76.6 Å². The molecule has 2 fully saturated rings. The van der Waals surface area contributed by atoms with Crippen molar-refractivity contribution in [2.45, 2.75) is 84.5 Å². The van der Waals surface area contributed by atoms with Crippen molar-refractivity contribution in [3.05, 3.63) is 59.4 Å². The first-order valence-electron chi connectivity index (χ1n) is 14.7. The molecule has 4 heterocycles. The molecular weight excluding hydrogens is 516 g/mol. The molecule has 6 rings (SSSR count). The predicted molar refractivity (Wildman–Crippen MR) is 157 cm³/mol. The van der Waals surface area contributed by atoms with Crippen LogP contribution in [0.15, 0.2) is 42.6 Å². The number of ether oxygens (including phenoxy) is 1. The molecular formula is C32H40N6O3. The molecule has 0 unspecified atom stereocenters. The Kier molecular flexibility index (Phi) is 6.88. The zero-order valence-electron chi connectivity index (χ0n) is 24.7. The predicted octanol–water partition coefficient (Wildman–Crippen LogP) is 5.53. The highest BCUT2D eigenvalue weighted by molar-refractivity contribution is 6.05. The second kappa shape index (κ2) is 10.3. The maximum absolute atomic E-state index is 12.4. The lowest BCUT2D eigenvalue weighted by atomic mass is 9.75. The van der Waals surface area contributed by atoms with E-state index in [1.165, 1.54) is 30.4 Å². The summed E-state index contributed by atoms with van der Waals surface area (Å²) < 4.78 is 8.29. The van der Waals surface area contributed by atoms with E-state index >= 15 is 0 Å². The van der Waals surface area contributed by atoms with E-state index in [2.05, 4.69) is 73.2 Å². The highest BCUT2D eigenvalue weighted by Crippen LogP contribution is 2.41. The number of amides is 3. The highest BCUT2D eigenvalue weighted by atomic mass is 16.5. The van der Waals surface area contributed by atoms with Crippen LogP contribution in [-0.4, -0.2) is 44.0 Å². The summed E-state index contributed by atoms with van der Waals surface area (Å²) in [4.78, 5) is 37.7. The van der Waals surface area contributed by atoms with E-state index in [1.807, 2.05) is 17.7 Å². The Morgan fingerprint density at radius 2 is 1.83 bits per heavy atom. The molecule has 1 N–H and O–H groups in total. The van der Waals surface area contributed by atoms with Crippen LogP contribution < -0.4 is 15.0 Å². The summed E-state index contributed by atoms with van der Waals surface area (Å²) in [5.41, 5.74) is 4.20. The van der Waals surface area contributed by atoms with Crippen LogP contribution in [0.5, 0.6) is 5.75 Å². The average molecular weight is 557 g/mol. The van der Waals surface area contributed by atoms with Gasteiger partial charge in [0.1, 0.15) is 23.4 Å².